The number of halogens is 1. The molecule has 3 rings (SSSR count). The number of hydrogen-bond donors (Lipinski definition) is 1. The molecule has 1 saturated heterocycles. The second kappa shape index (κ2) is 8.16. The molecule has 2 aromatic rings. The van der Waals surface area contributed by atoms with Crippen molar-refractivity contribution in [2.75, 3.05) is 19.7 Å². The standard InChI is InChI=1S/C18H23FN4O3/c1-12(11-25-16-8-4-3-7-15(16)19)20-18(24)23-9-5-6-14(10-23)17-21-13(2)22-26-17/h3-4,7-8,12,14H,5-6,9-11H2,1-2H3,(H,20,24)/t12-,14-/m0/s1. The molecule has 140 valence electrons. The maximum atomic E-state index is 13.6. The molecule has 0 unspecified atom stereocenters. The highest BCUT2D eigenvalue weighted by atomic mass is 19.1. The Bertz CT molecular complexity index is 752. The minimum absolute atomic E-state index is 0.0562. The molecule has 2 atom stereocenters. The molecule has 1 fully saturated rings. The molecule has 26 heavy (non-hydrogen) atoms. The zero-order chi connectivity index (χ0) is 18.5. The fourth-order valence-electron chi connectivity index (χ4n) is 2.96. The number of urea groups is 1. The van der Waals surface area contributed by atoms with Gasteiger partial charge in [-0.15, -0.1) is 0 Å². The molecule has 8 heteroatoms. The maximum Gasteiger partial charge on any atom is 0.317 e. The van der Waals surface area contributed by atoms with Crippen molar-refractivity contribution in [3.8, 4) is 5.75 Å². The summed E-state index contributed by atoms with van der Waals surface area (Å²) in [4.78, 5) is 18.5. The number of nitrogens with zero attached hydrogens (tertiary/aromatic N) is 3. The number of piperidine rings is 1. The van der Waals surface area contributed by atoms with Gasteiger partial charge in [0.25, 0.3) is 0 Å². The second-order valence-corrected chi connectivity index (χ2v) is 6.56. The zero-order valence-corrected chi connectivity index (χ0v) is 14.9. The second-order valence-electron chi connectivity index (χ2n) is 6.56. The average molecular weight is 362 g/mol. The van der Waals surface area contributed by atoms with Crippen molar-refractivity contribution < 1.29 is 18.4 Å². The number of carbonyl (C=O) groups is 1. The van der Waals surface area contributed by atoms with Crippen LogP contribution in [0.15, 0.2) is 28.8 Å². The smallest absolute Gasteiger partial charge is 0.317 e. The molecule has 1 aliphatic rings. The largest absolute Gasteiger partial charge is 0.488 e. The summed E-state index contributed by atoms with van der Waals surface area (Å²) >= 11 is 0. The van der Waals surface area contributed by atoms with E-state index < -0.39 is 5.82 Å². The molecule has 0 spiro atoms. The summed E-state index contributed by atoms with van der Waals surface area (Å²) in [5, 5.41) is 6.71. The highest BCUT2D eigenvalue weighted by Crippen LogP contribution is 2.25. The van der Waals surface area contributed by atoms with Crippen LogP contribution in [0.25, 0.3) is 0 Å². The van der Waals surface area contributed by atoms with Crippen LogP contribution in [0.5, 0.6) is 5.75 Å². The van der Waals surface area contributed by atoms with E-state index in [4.69, 9.17) is 9.26 Å². The molecule has 0 saturated carbocycles. The molecule has 1 aromatic carbocycles. The molecule has 1 aliphatic heterocycles. The molecular formula is C18H23FN4O3. The van der Waals surface area contributed by atoms with Gasteiger partial charge < -0.3 is 19.5 Å². The van der Waals surface area contributed by atoms with Crippen molar-refractivity contribution in [1.82, 2.24) is 20.4 Å². The van der Waals surface area contributed by atoms with E-state index in [-0.39, 0.29) is 30.3 Å². The average Bonchev–Trinajstić information content (AvgIpc) is 3.07. The predicted octanol–water partition coefficient (Wildman–Crippen LogP) is 2.87. The van der Waals surface area contributed by atoms with Gasteiger partial charge in [0.1, 0.15) is 6.61 Å². The van der Waals surface area contributed by atoms with Gasteiger partial charge in [0.05, 0.1) is 12.0 Å². The molecule has 7 nitrogen and oxygen atoms in total. The minimum atomic E-state index is -0.417. The van der Waals surface area contributed by atoms with Gasteiger partial charge in [0, 0.05) is 13.1 Å². The Morgan fingerprint density at radius 3 is 3.04 bits per heavy atom. The lowest BCUT2D eigenvalue weighted by atomic mass is 9.98. The van der Waals surface area contributed by atoms with Crippen LogP contribution in [0.2, 0.25) is 0 Å². The van der Waals surface area contributed by atoms with Crippen LogP contribution in [0.3, 0.4) is 0 Å². The Kier molecular flexibility index (Phi) is 5.70. The van der Waals surface area contributed by atoms with Gasteiger partial charge in [-0.2, -0.15) is 4.98 Å². The first-order valence-electron chi connectivity index (χ1n) is 8.76. The Morgan fingerprint density at radius 2 is 2.31 bits per heavy atom. The van der Waals surface area contributed by atoms with Crippen LogP contribution in [-0.2, 0) is 0 Å². The van der Waals surface area contributed by atoms with E-state index >= 15 is 0 Å². The quantitative estimate of drug-likeness (QED) is 0.885. The summed E-state index contributed by atoms with van der Waals surface area (Å²) in [6, 6.07) is 5.78. The van der Waals surface area contributed by atoms with Gasteiger partial charge in [0.15, 0.2) is 17.4 Å². The highest BCUT2D eigenvalue weighted by molar-refractivity contribution is 5.74. The van der Waals surface area contributed by atoms with Gasteiger partial charge in [-0.3, -0.25) is 0 Å². The highest BCUT2D eigenvalue weighted by Gasteiger charge is 2.28. The third-order valence-electron chi connectivity index (χ3n) is 4.30. The number of hydrogen-bond acceptors (Lipinski definition) is 5. The molecule has 0 radical (unpaired) electrons. The topological polar surface area (TPSA) is 80.5 Å². The SMILES string of the molecule is Cc1noc([C@H]2CCCN(C(=O)N[C@@H](C)COc3ccccc3F)C2)n1. The number of rotatable bonds is 5. The Balaban J connectivity index is 1.49. The first-order chi connectivity index (χ1) is 12.5. The first-order valence-corrected chi connectivity index (χ1v) is 8.76. The third kappa shape index (κ3) is 4.50. The fraction of sp³-hybridized carbons (Fsp3) is 0.500. The third-order valence-corrected chi connectivity index (χ3v) is 4.30. The summed E-state index contributed by atoms with van der Waals surface area (Å²) in [6.45, 7) is 5.00. The van der Waals surface area contributed by atoms with Gasteiger partial charge >= 0.3 is 6.03 Å². The van der Waals surface area contributed by atoms with Crippen molar-refractivity contribution in [3.63, 3.8) is 0 Å². The van der Waals surface area contributed by atoms with Gasteiger partial charge in [-0.1, -0.05) is 17.3 Å². The number of likely N-dealkylation sites (tertiary alicyclic amines) is 1. The Hall–Kier alpha value is -2.64. The zero-order valence-electron chi connectivity index (χ0n) is 14.9. The van der Waals surface area contributed by atoms with E-state index in [1.165, 1.54) is 6.07 Å². The Labute approximate surface area is 151 Å². The fourth-order valence-corrected chi connectivity index (χ4v) is 2.96. The monoisotopic (exact) mass is 362 g/mol. The van der Waals surface area contributed by atoms with Crippen LogP contribution in [0.4, 0.5) is 9.18 Å². The summed E-state index contributed by atoms with van der Waals surface area (Å²) in [5.74, 6) is 0.996. The van der Waals surface area contributed by atoms with E-state index in [0.29, 0.717) is 24.8 Å². The summed E-state index contributed by atoms with van der Waals surface area (Å²) in [6.07, 6.45) is 1.79. The van der Waals surface area contributed by atoms with Crippen molar-refractivity contribution >= 4 is 6.03 Å². The molecule has 2 amide bonds. The summed E-state index contributed by atoms with van der Waals surface area (Å²) in [7, 11) is 0. The lowest BCUT2D eigenvalue weighted by molar-refractivity contribution is 0.164. The molecule has 0 bridgehead atoms. The molecule has 1 N–H and O–H groups in total. The van der Waals surface area contributed by atoms with Crippen molar-refractivity contribution in [1.29, 1.82) is 0 Å². The van der Waals surface area contributed by atoms with Gasteiger partial charge in [-0.25, -0.2) is 9.18 Å². The van der Waals surface area contributed by atoms with E-state index in [1.807, 2.05) is 6.92 Å². The first kappa shape index (κ1) is 18.2. The number of ether oxygens (including phenoxy) is 1. The normalized spacial score (nSPS) is 18.4. The molecule has 2 heterocycles. The van der Waals surface area contributed by atoms with Crippen molar-refractivity contribution in [3.05, 3.63) is 41.8 Å². The lowest BCUT2D eigenvalue weighted by Crippen LogP contribution is -2.49. The molecule has 1 aromatic heterocycles. The summed E-state index contributed by atoms with van der Waals surface area (Å²) < 4.78 is 24.2. The number of para-hydroxylation sites is 1. The number of amides is 2. The summed E-state index contributed by atoms with van der Waals surface area (Å²) in [5.41, 5.74) is 0. The number of nitrogens with one attached hydrogen (secondary N) is 1. The Morgan fingerprint density at radius 1 is 1.50 bits per heavy atom. The number of carbonyl (C=O) groups excluding carboxylic acids is 1. The van der Waals surface area contributed by atoms with E-state index in [0.717, 1.165) is 12.8 Å². The lowest BCUT2D eigenvalue weighted by Gasteiger charge is -2.32. The maximum absolute atomic E-state index is 13.6. The number of aromatic nitrogens is 2. The molecular weight excluding hydrogens is 339 g/mol. The van der Waals surface area contributed by atoms with Gasteiger partial charge in [-0.05, 0) is 38.8 Å². The van der Waals surface area contributed by atoms with Crippen molar-refractivity contribution in [2.24, 2.45) is 0 Å². The van der Waals surface area contributed by atoms with Crippen LogP contribution < -0.4 is 10.1 Å². The van der Waals surface area contributed by atoms with Gasteiger partial charge in [0.2, 0.25) is 5.89 Å². The van der Waals surface area contributed by atoms with Crippen LogP contribution >= 0.6 is 0 Å². The van der Waals surface area contributed by atoms with Crippen molar-refractivity contribution in [2.45, 2.75) is 38.6 Å². The molecule has 0 aliphatic carbocycles. The predicted molar refractivity (Wildman–Crippen MR) is 92.5 cm³/mol. The minimum Gasteiger partial charge on any atom is -0.488 e. The van der Waals surface area contributed by atoms with Crippen LogP contribution in [-0.4, -0.2) is 46.8 Å². The van der Waals surface area contributed by atoms with Crippen LogP contribution in [0, 0.1) is 12.7 Å². The number of aryl methyl sites for hydroxylation is 1. The van der Waals surface area contributed by atoms with E-state index in [1.54, 1.807) is 30.0 Å². The van der Waals surface area contributed by atoms with E-state index in [2.05, 4.69) is 15.5 Å². The van der Waals surface area contributed by atoms with E-state index in [9.17, 15) is 9.18 Å². The number of benzene rings is 1. The van der Waals surface area contributed by atoms with Crippen LogP contribution in [0.1, 0.15) is 37.4 Å².